The lowest BCUT2D eigenvalue weighted by Gasteiger charge is -2.09. The topological polar surface area (TPSA) is 142 Å². The molecule has 10 nitrogen and oxygen atoms in total. The molecule has 0 bridgehead atoms. The Labute approximate surface area is 159 Å². The summed E-state index contributed by atoms with van der Waals surface area (Å²) < 4.78 is 0. The van der Waals surface area contributed by atoms with Crippen molar-refractivity contribution in [3.8, 4) is 0 Å². The predicted molar refractivity (Wildman–Crippen MR) is 106 cm³/mol. The Balaban J connectivity index is 1.46. The maximum absolute atomic E-state index is 11.9. The Morgan fingerprint density at radius 3 is 2.68 bits per heavy atom. The van der Waals surface area contributed by atoms with Crippen LogP contribution >= 0.6 is 0 Å². The summed E-state index contributed by atoms with van der Waals surface area (Å²) in [5.41, 5.74) is -0.00278. The second-order valence-corrected chi connectivity index (χ2v) is 5.92. The van der Waals surface area contributed by atoms with Crippen LogP contribution in [-0.4, -0.2) is 34.2 Å². The number of H-pyrrole nitrogens is 1. The Kier molecular flexibility index (Phi) is 5.80. The third kappa shape index (κ3) is 4.61. The van der Waals surface area contributed by atoms with Crippen molar-refractivity contribution in [1.82, 2.24) is 15.5 Å². The van der Waals surface area contributed by atoms with Crippen molar-refractivity contribution in [2.75, 3.05) is 23.7 Å². The summed E-state index contributed by atoms with van der Waals surface area (Å²) in [7, 11) is 0. The first-order valence-electron chi connectivity index (χ1n) is 8.55. The first-order chi connectivity index (χ1) is 13.5. The van der Waals surface area contributed by atoms with Gasteiger partial charge in [0.05, 0.1) is 10.3 Å². The quantitative estimate of drug-likeness (QED) is 0.281. The maximum Gasteiger partial charge on any atom is 0.319 e. The lowest BCUT2D eigenvalue weighted by Crippen LogP contribution is -2.30. The number of nitro benzene ring substituents is 1. The van der Waals surface area contributed by atoms with Crippen LogP contribution in [0.4, 0.5) is 22.0 Å². The van der Waals surface area contributed by atoms with E-state index in [0.29, 0.717) is 36.4 Å². The molecule has 2 aromatic carbocycles. The monoisotopic (exact) mass is 382 g/mol. The molecule has 0 aliphatic carbocycles. The fourth-order valence-corrected chi connectivity index (χ4v) is 2.62. The van der Waals surface area contributed by atoms with Gasteiger partial charge in [0.15, 0.2) is 5.82 Å². The molecule has 1 aromatic heterocycles. The Morgan fingerprint density at radius 2 is 1.89 bits per heavy atom. The Morgan fingerprint density at radius 1 is 1.11 bits per heavy atom. The fourth-order valence-electron chi connectivity index (χ4n) is 2.62. The average Bonchev–Trinajstić information content (AvgIpc) is 2.69. The van der Waals surface area contributed by atoms with Gasteiger partial charge in [-0.1, -0.05) is 24.3 Å². The molecule has 0 aliphatic rings. The van der Waals surface area contributed by atoms with Gasteiger partial charge in [-0.2, -0.15) is 5.10 Å². The zero-order chi connectivity index (χ0) is 19.9. The highest BCUT2D eigenvalue weighted by Gasteiger charge is 2.08. The number of urea groups is 1. The third-order valence-corrected chi connectivity index (χ3v) is 3.94. The summed E-state index contributed by atoms with van der Waals surface area (Å²) in [5, 5.41) is 26.8. The van der Waals surface area contributed by atoms with E-state index in [-0.39, 0.29) is 11.2 Å². The van der Waals surface area contributed by atoms with Gasteiger partial charge < -0.3 is 16.0 Å². The van der Waals surface area contributed by atoms with Crippen LogP contribution in [0.3, 0.4) is 0 Å². The average molecular weight is 382 g/mol. The van der Waals surface area contributed by atoms with Crippen molar-refractivity contribution in [2.24, 2.45) is 0 Å². The van der Waals surface area contributed by atoms with E-state index >= 15 is 0 Å². The number of non-ortho nitro benzene ring substituents is 1. The zero-order valence-electron chi connectivity index (χ0n) is 14.8. The van der Waals surface area contributed by atoms with Crippen LogP contribution in [0.5, 0.6) is 0 Å². The smallest absolute Gasteiger partial charge is 0.319 e. The van der Waals surface area contributed by atoms with E-state index < -0.39 is 11.0 Å². The number of anilines is 2. The molecule has 0 saturated heterocycles. The standard InChI is InChI=1S/C18H18N6O4/c25-17-15-8-2-1-7-14(15)16(22-23-17)19-9-4-10-20-18(26)21-12-5-3-6-13(11-12)24(27)28/h1-3,5-8,11H,4,9-10H2,(H,19,22)(H,23,25)(H2,20,21,26). The van der Waals surface area contributed by atoms with E-state index in [2.05, 4.69) is 26.1 Å². The molecule has 1 heterocycles. The van der Waals surface area contributed by atoms with Crippen molar-refractivity contribution >= 4 is 34.0 Å². The summed E-state index contributed by atoms with van der Waals surface area (Å²) in [4.78, 5) is 33.8. The number of fused-ring (bicyclic) bond motifs is 1. The minimum absolute atomic E-state index is 0.0948. The van der Waals surface area contributed by atoms with Crippen LogP contribution in [0, 0.1) is 10.1 Å². The van der Waals surface area contributed by atoms with Gasteiger partial charge >= 0.3 is 6.03 Å². The molecule has 3 aromatic rings. The van der Waals surface area contributed by atoms with Gasteiger partial charge in [0.25, 0.3) is 11.2 Å². The largest absolute Gasteiger partial charge is 0.368 e. The predicted octanol–water partition coefficient (Wildman–Crippen LogP) is 2.46. The second kappa shape index (κ2) is 8.62. The van der Waals surface area contributed by atoms with Crippen molar-refractivity contribution in [3.63, 3.8) is 0 Å². The molecule has 4 N–H and O–H groups in total. The van der Waals surface area contributed by atoms with E-state index in [1.807, 2.05) is 12.1 Å². The van der Waals surface area contributed by atoms with Crippen molar-refractivity contribution in [1.29, 1.82) is 0 Å². The number of benzene rings is 2. The number of amides is 2. The van der Waals surface area contributed by atoms with Gasteiger partial charge in [-0.3, -0.25) is 14.9 Å². The number of nitro groups is 1. The number of carbonyl (C=O) groups excluding carboxylic acids is 1. The van der Waals surface area contributed by atoms with E-state index in [0.717, 1.165) is 5.39 Å². The molecule has 28 heavy (non-hydrogen) atoms. The van der Waals surface area contributed by atoms with Gasteiger partial charge in [-0.15, -0.1) is 0 Å². The maximum atomic E-state index is 11.9. The highest BCUT2D eigenvalue weighted by atomic mass is 16.6. The molecule has 0 atom stereocenters. The van der Waals surface area contributed by atoms with Crippen LogP contribution in [0.25, 0.3) is 10.8 Å². The fraction of sp³-hybridized carbons (Fsp3) is 0.167. The summed E-state index contributed by atoms with van der Waals surface area (Å²) in [6, 6.07) is 12.4. The highest BCUT2D eigenvalue weighted by molar-refractivity contribution is 5.91. The zero-order valence-corrected chi connectivity index (χ0v) is 14.8. The second-order valence-electron chi connectivity index (χ2n) is 5.92. The number of nitrogens with zero attached hydrogens (tertiary/aromatic N) is 2. The molecule has 0 saturated carbocycles. The molecule has 2 amide bonds. The van der Waals surface area contributed by atoms with Crippen LogP contribution in [0.1, 0.15) is 6.42 Å². The van der Waals surface area contributed by atoms with E-state index in [1.165, 1.54) is 18.2 Å². The molecule has 0 fully saturated rings. The van der Waals surface area contributed by atoms with Crippen LogP contribution < -0.4 is 21.5 Å². The van der Waals surface area contributed by atoms with Gasteiger partial charge in [0.2, 0.25) is 0 Å². The summed E-state index contributed by atoms with van der Waals surface area (Å²) in [6.45, 7) is 0.912. The molecular weight excluding hydrogens is 364 g/mol. The first kappa shape index (κ1) is 18.8. The van der Waals surface area contributed by atoms with Gasteiger partial charge in [-0.05, 0) is 18.6 Å². The molecule has 3 rings (SSSR count). The number of hydrogen-bond donors (Lipinski definition) is 4. The van der Waals surface area contributed by atoms with Crippen LogP contribution in [0.15, 0.2) is 53.3 Å². The number of nitrogens with one attached hydrogen (secondary N) is 4. The van der Waals surface area contributed by atoms with Crippen LogP contribution in [-0.2, 0) is 0 Å². The Bertz CT molecular complexity index is 1070. The summed E-state index contributed by atoms with van der Waals surface area (Å²) >= 11 is 0. The lowest BCUT2D eigenvalue weighted by atomic mass is 10.2. The van der Waals surface area contributed by atoms with E-state index in [9.17, 15) is 19.7 Å². The minimum atomic E-state index is -0.524. The number of rotatable bonds is 7. The normalized spacial score (nSPS) is 10.4. The van der Waals surface area contributed by atoms with Gasteiger partial charge in [0, 0.05) is 36.3 Å². The van der Waals surface area contributed by atoms with Crippen LogP contribution in [0.2, 0.25) is 0 Å². The lowest BCUT2D eigenvalue weighted by molar-refractivity contribution is -0.384. The summed E-state index contributed by atoms with van der Waals surface area (Å²) in [6.07, 6.45) is 0.609. The highest BCUT2D eigenvalue weighted by Crippen LogP contribution is 2.17. The van der Waals surface area contributed by atoms with Gasteiger partial charge in [-0.25, -0.2) is 9.89 Å². The van der Waals surface area contributed by atoms with E-state index in [4.69, 9.17) is 0 Å². The van der Waals surface area contributed by atoms with E-state index in [1.54, 1.807) is 18.2 Å². The summed E-state index contributed by atoms with van der Waals surface area (Å²) in [5.74, 6) is 0.566. The number of carbonyl (C=O) groups is 1. The first-order valence-corrected chi connectivity index (χ1v) is 8.55. The number of hydrogen-bond acceptors (Lipinski definition) is 6. The molecule has 0 unspecified atom stereocenters. The van der Waals surface area contributed by atoms with Crippen molar-refractivity contribution in [2.45, 2.75) is 6.42 Å². The number of aromatic amines is 1. The number of aromatic nitrogens is 2. The third-order valence-electron chi connectivity index (χ3n) is 3.94. The molecule has 10 heteroatoms. The molecular formula is C18H18N6O4. The molecule has 0 radical (unpaired) electrons. The van der Waals surface area contributed by atoms with Crippen molar-refractivity contribution in [3.05, 3.63) is 69.0 Å². The molecule has 144 valence electrons. The Hall–Kier alpha value is -3.95. The van der Waals surface area contributed by atoms with Crippen molar-refractivity contribution < 1.29 is 9.72 Å². The molecule has 0 aliphatic heterocycles. The SMILES string of the molecule is O=C(NCCCNc1n[nH]c(=O)c2ccccc12)Nc1cccc([N+](=O)[O-])c1. The molecule has 0 spiro atoms. The minimum Gasteiger partial charge on any atom is -0.368 e. The van der Waals surface area contributed by atoms with Gasteiger partial charge in [0.1, 0.15) is 0 Å².